The van der Waals surface area contributed by atoms with Crippen LogP contribution in [0.1, 0.15) is 20.3 Å². The maximum Gasteiger partial charge on any atom is 0.466 e. The van der Waals surface area contributed by atoms with Gasteiger partial charge in [0.1, 0.15) is 0 Å². The molecule has 0 rings (SSSR count). The summed E-state index contributed by atoms with van der Waals surface area (Å²) in [5.74, 6) is 0. The molecule has 0 atom stereocenters. The van der Waals surface area contributed by atoms with Crippen LogP contribution in [0.5, 0.6) is 0 Å². The standard InChI is InChI=1S/C3H8.2CH3NOS.H3O4P/c1-3-2;2*2-1(3)4;1-5(2,3)4/h3H2,1-2H3;2*(H3,2,3,4);(H3,1,2,3,4). The molecule has 0 unspecified atom stereocenters. The zero-order chi connectivity index (χ0) is 14.4. The van der Waals surface area contributed by atoms with E-state index in [1.165, 1.54) is 6.42 Å². The van der Waals surface area contributed by atoms with Crippen LogP contribution < -0.4 is 11.5 Å². The molecular weight excluding hydrogens is 279 g/mol. The molecule has 8 nitrogen and oxygen atoms in total. The van der Waals surface area contributed by atoms with Crippen molar-refractivity contribution in [3.8, 4) is 0 Å². The Bertz CT molecular complexity index is 193. The van der Waals surface area contributed by atoms with E-state index >= 15 is 0 Å². The zero-order valence-corrected chi connectivity index (χ0v) is 11.3. The minimum Gasteiger partial charge on any atom is -0.487 e. The van der Waals surface area contributed by atoms with Crippen molar-refractivity contribution in [2.45, 2.75) is 20.3 Å². The highest BCUT2D eigenvalue weighted by atomic mass is 32.1. The second kappa shape index (κ2) is 16.9. The number of aliphatic hydroxyl groups excluding tert-OH is 2. The number of hydrogen-bond donors (Lipinski definition) is 7. The Morgan fingerprint density at radius 3 is 1.06 bits per heavy atom. The molecule has 0 aromatic carbocycles. The minimum atomic E-state index is -4.64. The molecule has 0 amide bonds. The topological polar surface area (TPSA) is 170 Å². The fourth-order valence-corrected chi connectivity index (χ4v) is 0. The second-order valence-electron chi connectivity index (χ2n) is 1.90. The van der Waals surface area contributed by atoms with E-state index in [9.17, 15) is 0 Å². The van der Waals surface area contributed by atoms with Gasteiger partial charge in [0, 0.05) is 0 Å². The average Bonchev–Trinajstić information content (AvgIpc) is 1.78. The molecule has 16 heavy (non-hydrogen) atoms. The van der Waals surface area contributed by atoms with Gasteiger partial charge >= 0.3 is 7.82 Å². The molecule has 0 saturated carbocycles. The van der Waals surface area contributed by atoms with Crippen LogP contribution in [0.25, 0.3) is 0 Å². The molecule has 0 bridgehead atoms. The second-order valence-corrected chi connectivity index (χ2v) is 3.76. The van der Waals surface area contributed by atoms with E-state index in [0.717, 1.165) is 0 Å². The van der Waals surface area contributed by atoms with Gasteiger partial charge < -0.3 is 36.4 Å². The normalized spacial score (nSPS) is 7.81. The van der Waals surface area contributed by atoms with E-state index < -0.39 is 18.2 Å². The first-order valence-electron chi connectivity index (χ1n) is 3.63. The van der Waals surface area contributed by atoms with Gasteiger partial charge in [-0.3, -0.25) is 0 Å². The number of rotatable bonds is 0. The Morgan fingerprint density at radius 1 is 1.06 bits per heavy atom. The SMILES string of the molecule is CCC.NC(O)=S.NC(O)=S.O=P(O)(O)O. The molecule has 9 N–H and O–H groups in total. The molecule has 0 aliphatic heterocycles. The van der Waals surface area contributed by atoms with E-state index in [4.69, 9.17) is 29.5 Å². The minimum absolute atomic E-state index is 0.500. The smallest absolute Gasteiger partial charge is 0.466 e. The van der Waals surface area contributed by atoms with Crippen molar-refractivity contribution in [2.24, 2.45) is 11.5 Å². The van der Waals surface area contributed by atoms with E-state index in [0.29, 0.717) is 0 Å². The third kappa shape index (κ3) is 8090. The number of aliphatic hydroxyl groups is 2. The van der Waals surface area contributed by atoms with Crippen molar-refractivity contribution in [3.05, 3.63) is 0 Å². The summed E-state index contributed by atoms with van der Waals surface area (Å²) in [6, 6.07) is 0. The lowest BCUT2D eigenvalue weighted by atomic mass is 10.6. The van der Waals surface area contributed by atoms with Crippen LogP contribution in [0.15, 0.2) is 0 Å². The summed E-state index contributed by atoms with van der Waals surface area (Å²) in [6.07, 6.45) is 1.25. The first-order chi connectivity index (χ1) is 6.88. The predicted molar refractivity (Wildman–Crippen MR) is 69.1 cm³/mol. The van der Waals surface area contributed by atoms with Crippen LogP contribution >= 0.6 is 32.3 Å². The molecule has 0 saturated heterocycles. The molecule has 0 aromatic rings. The zero-order valence-electron chi connectivity index (χ0n) is 8.77. The molecule has 0 fully saturated rings. The van der Waals surface area contributed by atoms with Crippen molar-refractivity contribution in [1.82, 2.24) is 0 Å². The predicted octanol–water partition coefficient (Wildman–Crippen LogP) is 0.0637. The van der Waals surface area contributed by atoms with E-state index in [1.807, 2.05) is 0 Å². The van der Waals surface area contributed by atoms with Crippen LogP contribution in [0.2, 0.25) is 0 Å². The molecular formula is C5H17N2O6PS2. The summed E-state index contributed by atoms with van der Waals surface area (Å²) in [6.45, 7) is 4.25. The van der Waals surface area contributed by atoms with Gasteiger partial charge in [0.25, 0.3) is 10.3 Å². The average molecular weight is 296 g/mol. The highest BCUT2D eigenvalue weighted by molar-refractivity contribution is 7.80. The Labute approximate surface area is 104 Å². The summed E-state index contributed by atoms with van der Waals surface area (Å²) in [4.78, 5) is 21.6. The van der Waals surface area contributed by atoms with E-state index in [2.05, 4.69) is 49.8 Å². The maximum absolute atomic E-state index is 8.88. The maximum atomic E-state index is 8.88. The van der Waals surface area contributed by atoms with Gasteiger partial charge in [0.05, 0.1) is 0 Å². The fourth-order valence-electron chi connectivity index (χ4n) is 0. The summed E-state index contributed by atoms with van der Waals surface area (Å²) < 4.78 is 8.88. The fraction of sp³-hybridized carbons (Fsp3) is 0.600. The van der Waals surface area contributed by atoms with Crippen LogP contribution in [0.3, 0.4) is 0 Å². The van der Waals surface area contributed by atoms with Crippen molar-refractivity contribution >= 4 is 42.6 Å². The Morgan fingerprint density at radius 2 is 1.06 bits per heavy atom. The van der Waals surface area contributed by atoms with Crippen molar-refractivity contribution in [2.75, 3.05) is 0 Å². The van der Waals surface area contributed by atoms with Gasteiger partial charge in [-0.2, -0.15) is 0 Å². The first-order valence-corrected chi connectivity index (χ1v) is 6.01. The summed E-state index contributed by atoms with van der Waals surface area (Å²) in [5.41, 5.74) is 8.80. The third-order valence-corrected chi connectivity index (χ3v) is 0. The van der Waals surface area contributed by atoms with E-state index in [-0.39, 0.29) is 0 Å². The highest BCUT2D eigenvalue weighted by Gasteiger charge is 2.00. The number of thiocarbonyl (C=S) groups is 2. The van der Waals surface area contributed by atoms with Crippen LogP contribution in [-0.4, -0.2) is 35.2 Å². The van der Waals surface area contributed by atoms with Crippen LogP contribution in [0.4, 0.5) is 0 Å². The van der Waals surface area contributed by atoms with Crippen molar-refractivity contribution in [1.29, 1.82) is 0 Å². The van der Waals surface area contributed by atoms with Crippen LogP contribution in [0, 0.1) is 0 Å². The van der Waals surface area contributed by atoms with Gasteiger partial charge in [-0.1, -0.05) is 20.3 Å². The molecule has 0 radical (unpaired) electrons. The largest absolute Gasteiger partial charge is 0.487 e. The summed E-state index contributed by atoms with van der Waals surface area (Å²) in [5, 5.41) is 14.1. The van der Waals surface area contributed by atoms with Crippen LogP contribution in [-0.2, 0) is 4.57 Å². The Kier molecular flexibility index (Phi) is 26.0. The number of hydrogen-bond acceptors (Lipinski definition) is 3. The van der Waals surface area contributed by atoms with Gasteiger partial charge in [0.15, 0.2) is 0 Å². The molecule has 0 aliphatic carbocycles. The summed E-state index contributed by atoms with van der Waals surface area (Å²) >= 11 is 7.74. The van der Waals surface area contributed by atoms with Gasteiger partial charge in [-0.05, 0) is 24.4 Å². The molecule has 0 aliphatic rings. The van der Waals surface area contributed by atoms with Gasteiger partial charge in [-0.25, -0.2) is 4.57 Å². The molecule has 0 heterocycles. The highest BCUT2D eigenvalue weighted by Crippen LogP contribution is 2.25. The monoisotopic (exact) mass is 296 g/mol. The van der Waals surface area contributed by atoms with Gasteiger partial charge in [-0.15, -0.1) is 0 Å². The first kappa shape index (κ1) is 24.6. The Hall–Kier alpha value is -0.510. The third-order valence-electron chi connectivity index (χ3n) is 0. The number of nitrogens with two attached hydrogens (primary N) is 2. The molecule has 100 valence electrons. The van der Waals surface area contributed by atoms with Crippen molar-refractivity contribution < 1.29 is 29.5 Å². The molecule has 0 aromatic heterocycles. The van der Waals surface area contributed by atoms with Gasteiger partial charge in [0.2, 0.25) is 0 Å². The molecule has 11 heteroatoms. The number of phosphoric acid groups is 1. The Balaban J connectivity index is -0.0000000610. The quantitative estimate of drug-likeness (QED) is 0.239. The summed E-state index contributed by atoms with van der Waals surface area (Å²) in [7, 11) is -4.64. The van der Waals surface area contributed by atoms with E-state index in [1.54, 1.807) is 0 Å². The molecule has 0 spiro atoms. The lowest BCUT2D eigenvalue weighted by molar-refractivity contribution is 0.275. The van der Waals surface area contributed by atoms with Crippen molar-refractivity contribution in [3.63, 3.8) is 0 Å². The lowest BCUT2D eigenvalue weighted by Crippen LogP contribution is -2.03. The lowest BCUT2D eigenvalue weighted by Gasteiger charge is -1.82.